The van der Waals surface area contributed by atoms with Gasteiger partial charge in [-0.25, -0.2) is 4.79 Å². The summed E-state index contributed by atoms with van der Waals surface area (Å²) in [5, 5.41) is 3.37. The van der Waals surface area contributed by atoms with Crippen LogP contribution in [0.15, 0.2) is 39.2 Å². The van der Waals surface area contributed by atoms with Crippen molar-refractivity contribution in [2.75, 3.05) is 7.11 Å². The maximum absolute atomic E-state index is 11.5. The maximum Gasteiger partial charge on any atom is 0.341 e. The Balaban J connectivity index is 2.01. The Morgan fingerprint density at radius 3 is 2.86 bits per heavy atom. The molecule has 0 saturated heterocycles. The Kier molecular flexibility index (Phi) is 5.20. The lowest BCUT2D eigenvalue weighted by Gasteiger charge is -2.13. The van der Waals surface area contributed by atoms with Gasteiger partial charge in [-0.15, -0.1) is 0 Å². The number of nitrogens with one attached hydrogen (secondary N) is 1. The van der Waals surface area contributed by atoms with Crippen molar-refractivity contribution in [1.29, 1.82) is 0 Å². The molecule has 2 aromatic rings. The van der Waals surface area contributed by atoms with Gasteiger partial charge in [-0.3, -0.25) is 0 Å². The minimum atomic E-state index is -0.373. The summed E-state index contributed by atoms with van der Waals surface area (Å²) in [5.41, 5.74) is 1.66. The van der Waals surface area contributed by atoms with E-state index < -0.39 is 0 Å². The molecule has 2 rings (SSSR count). The van der Waals surface area contributed by atoms with Crippen molar-refractivity contribution in [3.05, 3.63) is 57.5 Å². The van der Waals surface area contributed by atoms with Crippen molar-refractivity contribution >= 4 is 21.9 Å². The fraction of sp³-hybridized carbons (Fsp3) is 0.312. The minimum absolute atomic E-state index is 0.175. The number of hydrogen-bond acceptors (Lipinski definition) is 4. The first-order valence-electron chi connectivity index (χ1n) is 6.67. The van der Waals surface area contributed by atoms with Crippen LogP contribution in [0.25, 0.3) is 0 Å². The number of furan rings is 1. The van der Waals surface area contributed by atoms with E-state index in [1.165, 1.54) is 12.7 Å². The standard InChI is InChI=1S/C16H18BrNO3/c1-10(12-5-4-6-13(17)7-12)18-9-14-8-15(11(2)21-14)16(19)20-3/h4-8,10,18H,9H2,1-3H3. The van der Waals surface area contributed by atoms with Crippen molar-refractivity contribution < 1.29 is 13.9 Å². The largest absolute Gasteiger partial charge is 0.465 e. The molecule has 1 atom stereocenters. The van der Waals surface area contributed by atoms with Gasteiger partial charge in [0.05, 0.1) is 13.7 Å². The van der Waals surface area contributed by atoms with Gasteiger partial charge in [0.2, 0.25) is 0 Å². The first-order valence-corrected chi connectivity index (χ1v) is 7.47. The van der Waals surface area contributed by atoms with Gasteiger partial charge in [0.15, 0.2) is 0 Å². The van der Waals surface area contributed by atoms with Crippen molar-refractivity contribution in [3.8, 4) is 0 Å². The second-order valence-electron chi connectivity index (χ2n) is 4.83. The predicted molar refractivity (Wildman–Crippen MR) is 84.2 cm³/mol. The fourth-order valence-corrected chi connectivity index (χ4v) is 2.51. The monoisotopic (exact) mass is 351 g/mol. The summed E-state index contributed by atoms with van der Waals surface area (Å²) in [6.07, 6.45) is 0. The minimum Gasteiger partial charge on any atom is -0.465 e. The van der Waals surface area contributed by atoms with E-state index in [1.807, 2.05) is 12.1 Å². The summed E-state index contributed by atoms with van der Waals surface area (Å²) >= 11 is 3.47. The molecule has 1 unspecified atom stereocenters. The Bertz CT molecular complexity index is 636. The molecule has 1 aromatic heterocycles. The molecule has 1 N–H and O–H groups in total. The molecule has 0 radical (unpaired) electrons. The summed E-state index contributed by atoms with van der Waals surface area (Å²) in [4.78, 5) is 11.5. The molecule has 4 nitrogen and oxygen atoms in total. The molecule has 0 amide bonds. The second kappa shape index (κ2) is 6.91. The Morgan fingerprint density at radius 1 is 1.43 bits per heavy atom. The molecule has 21 heavy (non-hydrogen) atoms. The number of methoxy groups -OCH3 is 1. The quantitative estimate of drug-likeness (QED) is 0.827. The molecule has 0 spiro atoms. The van der Waals surface area contributed by atoms with Crippen LogP contribution in [0.5, 0.6) is 0 Å². The van der Waals surface area contributed by atoms with Gasteiger partial charge in [0.25, 0.3) is 0 Å². The van der Waals surface area contributed by atoms with E-state index in [2.05, 4.69) is 40.3 Å². The SMILES string of the molecule is COC(=O)c1cc(CNC(C)c2cccc(Br)c2)oc1C. The zero-order valence-corrected chi connectivity index (χ0v) is 13.9. The second-order valence-corrected chi connectivity index (χ2v) is 5.75. The van der Waals surface area contributed by atoms with Crippen LogP contribution < -0.4 is 5.32 Å². The Hall–Kier alpha value is -1.59. The van der Waals surface area contributed by atoms with Crippen LogP contribution in [-0.2, 0) is 11.3 Å². The van der Waals surface area contributed by atoms with Gasteiger partial charge in [-0.2, -0.15) is 0 Å². The smallest absolute Gasteiger partial charge is 0.341 e. The number of ether oxygens (including phenoxy) is 1. The average Bonchev–Trinajstić information content (AvgIpc) is 2.85. The van der Waals surface area contributed by atoms with Crippen molar-refractivity contribution in [1.82, 2.24) is 5.32 Å². The van der Waals surface area contributed by atoms with E-state index in [0.717, 1.165) is 10.2 Å². The average molecular weight is 352 g/mol. The molecule has 0 aliphatic carbocycles. The Morgan fingerprint density at radius 2 is 2.19 bits per heavy atom. The van der Waals surface area contributed by atoms with Crippen molar-refractivity contribution in [2.45, 2.75) is 26.4 Å². The molecule has 0 aliphatic heterocycles. The molecule has 5 heteroatoms. The molecule has 112 valence electrons. The molecule has 0 bridgehead atoms. The van der Waals surface area contributed by atoms with E-state index in [4.69, 9.17) is 9.15 Å². The zero-order chi connectivity index (χ0) is 15.4. The van der Waals surface area contributed by atoms with Crippen LogP contribution >= 0.6 is 15.9 Å². The normalized spacial score (nSPS) is 12.2. The van der Waals surface area contributed by atoms with Crippen LogP contribution in [-0.4, -0.2) is 13.1 Å². The number of aryl methyl sites for hydroxylation is 1. The topological polar surface area (TPSA) is 51.5 Å². The number of benzene rings is 1. The highest BCUT2D eigenvalue weighted by molar-refractivity contribution is 9.10. The lowest BCUT2D eigenvalue weighted by Crippen LogP contribution is -2.17. The molecule has 0 fully saturated rings. The molecular weight excluding hydrogens is 334 g/mol. The number of rotatable bonds is 5. The van der Waals surface area contributed by atoms with Gasteiger partial charge in [0.1, 0.15) is 17.1 Å². The first-order chi connectivity index (χ1) is 10.0. The predicted octanol–water partition coefficient (Wildman–Crippen LogP) is 3.99. The van der Waals surface area contributed by atoms with Crippen LogP contribution in [0.1, 0.15) is 40.4 Å². The summed E-state index contributed by atoms with van der Waals surface area (Å²) in [6, 6.07) is 10.0. The van der Waals surface area contributed by atoms with Gasteiger partial charge < -0.3 is 14.5 Å². The number of carbonyl (C=O) groups excluding carboxylic acids is 1. The highest BCUT2D eigenvalue weighted by atomic mass is 79.9. The summed E-state index contributed by atoms with van der Waals surface area (Å²) in [5.74, 6) is 0.922. The number of halogens is 1. The highest BCUT2D eigenvalue weighted by Gasteiger charge is 2.15. The fourth-order valence-electron chi connectivity index (χ4n) is 2.09. The molecular formula is C16H18BrNO3. The van der Waals surface area contributed by atoms with Gasteiger partial charge in [-0.1, -0.05) is 28.1 Å². The van der Waals surface area contributed by atoms with Crippen LogP contribution in [0.4, 0.5) is 0 Å². The van der Waals surface area contributed by atoms with Gasteiger partial charge >= 0.3 is 5.97 Å². The van der Waals surface area contributed by atoms with Gasteiger partial charge in [-0.05, 0) is 37.6 Å². The third-order valence-corrected chi connectivity index (χ3v) is 3.80. The van der Waals surface area contributed by atoms with Crippen molar-refractivity contribution in [2.24, 2.45) is 0 Å². The van der Waals surface area contributed by atoms with E-state index in [9.17, 15) is 4.79 Å². The van der Waals surface area contributed by atoms with E-state index in [-0.39, 0.29) is 12.0 Å². The van der Waals surface area contributed by atoms with Crippen LogP contribution in [0, 0.1) is 6.92 Å². The Labute approximate surface area is 132 Å². The van der Waals surface area contributed by atoms with E-state index in [1.54, 1.807) is 13.0 Å². The third kappa shape index (κ3) is 3.95. The maximum atomic E-state index is 11.5. The lowest BCUT2D eigenvalue weighted by atomic mass is 10.1. The number of hydrogen-bond donors (Lipinski definition) is 1. The molecule has 0 aliphatic rings. The first kappa shape index (κ1) is 15.8. The molecule has 1 aromatic carbocycles. The van der Waals surface area contributed by atoms with Crippen LogP contribution in [0.3, 0.4) is 0 Å². The summed E-state index contributed by atoms with van der Waals surface area (Å²) < 4.78 is 11.3. The molecule has 0 saturated carbocycles. The van der Waals surface area contributed by atoms with Crippen LogP contribution in [0.2, 0.25) is 0 Å². The number of carbonyl (C=O) groups is 1. The lowest BCUT2D eigenvalue weighted by molar-refractivity contribution is 0.0599. The summed E-state index contributed by atoms with van der Waals surface area (Å²) in [7, 11) is 1.36. The number of esters is 1. The van der Waals surface area contributed by atoms with Gasteiger partial charge in [0, 0.05) is 10.5 Å². The van der Waals surface area contributed by atoms with E-state index >= 15 is 0 Å². The third-order valence-electron chi connectivity index (χ3n) is 3.31. The zero-order valence-electron chi connectivity index (χ0n) is 12.3. The van der Waals surface area contributed by atoms with E-state index in [0.29, 0.717) is 17.9 Å². The summed E-state index contributed by atoms with van der Waals surface area (Å²) in [6.45, 7) is 4.39. The highest BCUT2D eigenvalue weighted by Crippen LogP contribution is 2.20. The molecule has 1 heterocycles. The van der Waals surface area contributed by atoms with Crippen molar-refractivity contribution in [3.63, 3.8) is 0 Å².